The van der Waals surface area contributed by atoms with Crippen LogP contribution in [0.5, 0.6) is 0 Å². The topological polar surface area (TPSA) is 78.8 Å². The Morgan fingerprint density at radius 1 is 1.80 bits per heavy atom. The molecule has 0 saturated carbocycles. The molecule has 0 bridgehead atoms. The zero-order valence-corrected chi connectivity index (χ0v) is 6.64. The second-order valence-electron chi connectivity index (χ2n) is 1.90. The average molecular weight is 164 g/mol. The molecular weight excluding hydrogens is 152 g/mol. The van der Waals surface area contributed by atoms with E-state index in [1.165, 1.54) is 11.8 Å². The number of nitrogens with two attached hydrogens (primary N) is 1. The highest BCUT2D eigenvalue weighted by atomic mass is 32.2. The van der Waals surface area contributed by atoms with Crippen LogP contribution >= 0.6 is 11.8 Å². The largest absolute Gasteiger partial charge is 0.409 e. The highest BCUT2D eigenvalue weighted by Gasteiger charge is 2.00. The van der Waals surface area contributed by atoms with Gasteiger partial charge < -0.3 is 16.0 Å². The SMILES string of the molecule is CC(CO)SCC(N)=NO. The molecule has 0 radical (unpaired) electrons. The lowest BCUT2D eigenvalue weighted by atomic mass is 10.5. The molecule has 0 aliphatic rings. The van der Waals surface area contributed by atoms with E-state index in [9.17, 15) is 0 Å². The van der Waals surface area contributed by atoms with Crippen molar-refractivity contribution in [2.24, 2.45) is 10.9 Å². The summed E-state index contributed by atoms with van der Waals surface area (Å²) in [7, 11) is 0. The average Bonchev–Trinajstić information content (AvgIpc) is 1.99. The summed E-state index contributed by atoms with van der Waals surface area (Å²) < 4.78 is 0. The summed E-state index contributed by atoms with van der Waals surface area (Å²) in [6, 6.07) is 0. The zero-order chi connectivity index (χ0) is 7.98. The molecule has 0 aliphatic heterocycles. The fraction of sp³-hybridized carbons (Fsp3) is 0.800. The lowest BCUT2D eigenvalue weighted by molar-refractivity contribution is 0.300. The first-order valence-corrected chi connectivity index (χ1v) is 3.94. The molecule has 0 amide bonds. The summed E-state index contributed by atoms with van der Waals surface area (Å²) in [6.07, 6.45) is 0. The van der Waals surface area contributed by atoms with Gasteiger partial charge in [0.15, 0.2) is 0 Å². The van der Waals surface area contributed by atoms with Gasteiger partial charge in [-0.2, -0.15) is 0 Å². The van der Waals surface area contributed by atoms with Crippen LogP contribution in [0.25, 0.3) is 0 Å². The maximum Gasteiger partial charge on any atom is 0.149 e. The first-order chi connectivity index (χ1) is 4.70. The van der Waals surface area contributed by atoms with E-state index in [4.69, 9.17) is 16.0 Å². The molecule has 1 unspecified atom stereocenters. The van der Waals surface area contributed by atoms with Crippen molar-refractivity contribution >= 4 is 17.6 Å². The lowest BCUT2D eigenvalue weighted by Crippen LogP contribution is -2.17. The Morgan fingerprint density at radius 3 is 2.80 bits per heavy atom. The van der Waals surface area contributed by atoms with Gasteiger partial charge >= 0.3 is 0 Å². The molecular formula is C5H12N2O2S. The Balaban J connectivity index is 3.35. The van der Waals surface area contributed by atoms with Gasteiger partial charge in [0.2, 0.25) is 0 Å². The van der Waals surface area contributed by atoms with E-state index in [2.05, 4.69) is 5.16 Å². The van der Waals surface area contributed by atoms with Crippen LogP contribution in [-0.2, 0) is 0 Å². The van der Waals surface area contributed by atoms with Gasteiger partial charge in [0, 0.05) is 5.25 Å². The summed E-state index contributed by atoms with van der Waals surface area (Å²) in [5, 5.41) is 19.6. The van der Waals surface area contributed by atoms with Gasteiger partial charge in [-0.3, -0.25) is 0 Å². The molecule has 0 aromatic heterocycles. The fourth-order valence-electron chi connectivity index (χ4n) is 0.309. The molecule has 60 valence electrons. The van der Waals surface area contributed by atoms with Crippen molar-refractivity contribution in [3.8, 4) is 0 Å². The third-order valence-electron chi connectivity index (χ3n) is 0.901. The molecule has 0 aromatic rings. The number of rotatable bonds is 4. The number of hydrogen-bond acceptors (Lipinski definition) is 4. The maximum atomic E-state index is 8.56. The highest BCUT2D eigenvalue weighted by Crippen LogP contribution is 2.07. The molecule has 0 heterocycles. The Kier molecular flexibility index (Phi) is 5.15. The summed E-state index contributed by atoms with van der Waals surface area (Å²) in [5.74, 6) is 0.642. The van der Waals surface area contributed by atoms with Gasteiger partial charge in [-0.1, -0.05) is 12.1 Å². The standard InChI is InChI=1S/C5H12N2O2S/c1-4(2-8)10-3-5(6)7-9/h4,8-9H,2-3H2,1H3,(H2,6,7). The highest BCUT2D eigenvalue weighted by molar-refractivity contribution is 8.00. The van der Waals surface area contributed by atoms with Gasteiger partial charge in [-0.05, 0) is 0 Å². The molecule has 10 heavy (non-hydrogen) atoms. The monoisotopic (exact) mass is 164 g/mol. The lowest BCUT2D eigenvalue weighted by Gasteiger charge is -2.04. The zero-order valence-electron chi connectivity index (χ0n) is 5.82. The minimum absolute atomic E-state index is 0.114. The van der Waals surface area contributed by atoms with Crippen LogP contribution in [0.4, 0.5) is 0 Å². The van der Waals surface area contributed by atoms with E-state index >= 15 is 0 Å². The van der Waals surface area contributed by atoms with Crippen molar-refractivity contribution in [1.82, 2.24) is 0 Å². The van der Waals surface area contributed by atoms with Gasteiger partial charge in [0.1, 0.15) is 5.84 Å². The van der Waals surface area contributed by atoms with E-state index in [-0.39, 0.29) is 17.7 Å². The molecule has 0 rings (SSSR count). The maximum absolute atomic E-state index is 8.56. The summed E-state index contributed by atoms with van der Waals surface area (Å²) in [6.45, 7) is 1.98. The third kappa shape index (κ3) is 4.46. The fourth-order valence-corrected chi connectivity index (χ4v) is 0.928. The molecule has 4 N–H and O–H groups in total. The number of hydrogen-bond donors (Lipinski definition) is 3. The second kappa shape index (κ2) is 5.37. The minimum atomic E-state index is 0.114. The first-order valence-electron chi connectivity index (χ1n) is 2.89. The number of aliphatic hydroxyl groups is 1. The van der Waals surface area contributed by atoms with Gasteiger partial charge in [-0.25, -0.2) is 0 Å². The van der Waals surface area contributed by atoms with Gasteiger partial charge in [-0.15, -0.1) is 11.8 Å². The van der Waals surface area contributed by atoms with Gasteiger partial charge in [0.05, 0.1) is 12.4 Å². The van der Waals surface area contributed by atoms with Crippen LogP contribution in [0.3, 0.4) is 0 Å². The van der Waals surface area contributed by atoms with Gasteiger partial charge in [0.25, 0.3) is 0 Å². The molecule has 1 atom stereocenters. The number of nitrogens with zero attached hydrogens (tertiary/aromatic N) is 1. The van der Waals surface area contributed by atoms with Crippen molar-refractivity contribution in [3.05, 3.63) is 0 Å². The van der Waals surface area contributed by atoms with Crippen molar-refractivity contribution in [1.29, 1.82) is 0 Å². The van der Waals surface area contributed by atoms with E-state index in [0.29, 0.717) is 5.75 Å². The molecule has 0 spiro atoms. The van der Waals surface area contributed by atoms with Crippen molar-refractivity contribution < 1.29 is 10.3 Å². The van der Waals surface area contributed by atoms with E-state index in [1.54, 1.807) is 0 Å². The number of amidine groups is 1. The molecule has 0 fully saturated rings. The van der Waals surface area contributed by atoms with Crippen LogP contribution in [0.15, 0.2) is 5.16 Å². The summed E-state index contributed by atoms with van der Waals surface area (Å²) >= 11 is 1.44. The normalized spacial score (nSPS) is 15.2. The van der Waals surface area contributed by atoms with Crippen LogP contribution in [-0.4, -0.2) is 33.8 Å². The second-order valence-corrected chi connectivity index (χ2v) is 3.32. The molecule has 5 heteroatoms. The molecule has 0 aliphatic carbocycles. The molecule has 0 saturated heterocycles. The van der Waals surface area contributed by atoms with Crippen molar-refractivity contribution in [2.45, 2.75) is 12.2 Å². The quantitative estimate of drug-likeness (QED) is 0.233. The van der Waals surface area contributed by atoms with Crippen LogP contribution < -0.4 is 5.73 Å². The Bertz CT molecular complexity index is 118. The molecule has 4 nitrogen and oxygen atoms in total. The van der Waals surface area contributed by atoms with Crippen LogP contribution in [0.1, 0.15) is 6.92 Å². The third-order valence-corrected chi connectivity index (χ3v) is 2.08. The van der Waals surface area contributed by atoms with Crippen LogP contribution in [0.2, 0.25) is 0 Å². The minimum Gasteiger partial charge on any atom is -0.409 e. The Labute approximate surface area is 64.1 Å². The number of thioether (sulfide) groups is 1. The smallest absolute Gasteiger partial charge is 0.149 e. The number of oxime groups is 1. The summed E-state index contributed by atoms with van der Waals surface area (Å²) in [5.41, 5.74) is 5.17. The Morgan fingerprint density at radius 2 is 2.40 bits per heavy atom. The van der Waals surface area contributed by atoms with Crippen molar-refractivity contribution in [2.75, 3.05) is 12.4 Å². The number of aliphatic hydroxyl groups excluding tert-OH is 1. The Hall–Kier alpha value is -0.420. The predicted octanol–water partition coefficient (Wildman–Crippen LogP) is -0.153. The first kappa shape index (κ1) is 9.58. The van der Waals surface area contributed by atoms with Crippen molar-refractivity contribution in [3.63, 3.8) is 0 Å². The van der Waals surface area contributed by atoms with E-state index < -0.39 is 0 Å². The predicted molar refractivity (Wildman–Crippen MR) is 42.4 cm³/mol. The molecule has 0 aromatic carbocycles. The van der Waals surface area contributed by atoms with Crippen LogP contribution in [0, 0.1) is 0 Å². The summed E-state index contributed by atoms with van der Waals surface area (Å²) in [4.78, 5) is 0. The van der Waals surface area contributed by atoms with E-state index in [1.807, 2.05) is 6.92 Å². The van der Waals surface area contributed by atoms with E-state index in [0.717, 1.165) is 0 Å².